The van der Waals surface area contributed by atoms with Gasteiger partial charge in [-0.15, -0.1) is 0 Å². The van der Waals surface area contributed by atoms with Gasteiger partial charge >= 0.3 is 0 Å². The molecule has 0 unspecified atom stereocenters. The largest absolute Gasteiger partial charge is 0.368 e. The molecule has 0 aromatic carbocycles. The maximum absolute atomic E-state index is 8.79. The van der Waals surface area contributed by atoms with E-state index in [0.29, 0.717) is 17.7 Å². The number of hydrogen-bond donors (Lipinski definition) is 1. The van der Waals surface area contributed by atoms with Crippen LogP contribution in [0.5, 0.6) is 0 Å². The summed E-state index contributed by atoms with van der Waals surface area (Å²) in [7, 11) is 0. The lowest BCUT2D eigenvalue weighted by atomic mass is 10.3. The van der Waals surface area contributed by atoms with E-state index in [-0.39, 0.29) is 0 Å². The number of hydrogen-bond acceptors (Lipinski definition) is 6. The van der Waals surface area contributed by atoms with Crippen molar-refractivity contribution < 1.29 is 0 Å². The van der Waals surface area contributed by atoms with Gasteiger partial charge in [-0.2, -0.15) is 10.5 Å². The molecule has 1 N–H and O–H groups in total. The van der Waals surface area contributed by atoms with Crippen LogP contribution in [-0.4, -0.2) is 29.6 Å². The van der Waals surface area contributed by atoms with Gasteiger partial charge in [0.05, 0.1) is 11.1 Å². The van der Waals surface area contributed by atoms with Gasteiger partial charge in [-0.3, -0.25) is 0 Å². The molecule has 6 nitrogen and oxygen atoms in total. The molecule has 0 saturated carbocycles. The molecule has 2 aromatic rings. The number of nitriles is 2. The van der Waals surface area contributed by atoms with E-state index in [2.05, 4.69) is 33.2 Å². The third kappa shape index (κ3) is 3.94. The zero-order valence-electron chi connectivity index (χ0n) is 12.3. The van der Waals surface area contributed by atoms with Crippen molar-refractivity contribution >= 4 is 11.6 Å². The highest BCUT2D eigenvalue weighted by atomic mass is 15.2. The fourth-order valence-corrected chi connectivity index (χ4v) is 1.96. The Morgan fingerprint density at radius 2 is 1.73 bits per heavy atom. The smallest absolute Gasteiger partial charge is 0.128 e. The minimum absolute atomic E-state index is 0.544. The molecule has 22 heavy (non-hydrogen) atoms. The van der Waals surface area contributed by atoms with E-state index in [1.807, 2.05) is 12.1 Å². The van der Waals surface area contributed by atoms with Crippen molar-refractivity contribution in [1.29, 1.82) is 10.5 Å². The van der Waals surface area contributed by atoms with Crippen LogP contribution in [0.1, 0.15) is 18.1 Å². The number of anilines is 2. The number of aromatic nitrogens is 2. The molecule has 6 heteroatoms. The second kappa shape index (κ2) is 7.61. The molecule has 0 spiro atoms. The first-order valence-corrected chi connectivity index (χ1v) is 6.98. The molecule has 110 valence electrons. The second-order valence-corrected chi connectivity index (χ2v) is 4.57. The lowest BCUT2D eigenvalue weighted by molar-refractivity contribution is 0.816. The summed E-state index contributed by atoms with van der Waals surface area (Å²) in [6, 6.07) is 11.2. The summed E-state index contributed by atoms with van der Waals surface area (Å²) in [5.41, 5.74) is 1.10. The summed E-state index contributed by atoms with van der Waals surface area (Å²) in [6.45, 7) is 4.34. The molecule has 0 fully saturated rings. The quantitative estimate of drug-likeness (QED) is 0.877. The van der Waals surface area contributed by atoms with E-state index >= 15 is 0 Å². The molecule has 2 heterocycles. The first kappa shape index (κ1) is 15.3. The van der Waals surface area contributed by atoms with Gasteiger partial charge < -0.3 is 10.2 Å². The van der Waals surface area contributed by atoms with Crippen molar-refractivity contribution in [1.82, 2.24) is 9.97 Å². The van der Waals surface area contributed by atoms with E-state index in [9.17, 15) is 0 Å². The Morgan fingerprint density at radius 1 is 1.05 bits per heavy atom. The van der Waals surface area contributed by atoms with Gasteiger partial charge in [0.25, 0.3) is 0 Å². The minimum atomic E-state index is 0.544. The van der Waals surface area contributed by atoms with Gasteiger partial charge in [0.15, 0.2) is 0 Å². The first-order valence-electron chi connectivity index (χ1n) is 6.98. The molecule has 0 aliphatic carbocycles. The van der Waals surface area contributed by atoms with Crippen LogP contribution in [-0.2, 0) is 0 Å². The topological polar surface area (TPSA) is 88.6 Å². The van der Waals surface area contributed by atoms with Gasteiger partial charge in [-0.05, 0) is 31.2 Å². The fourth-order valence-electron chi connectivity index (χ4n) is 1.96. The van der Waals surface area contributed by atoms with Gasteiger partial charge in [-0.1, -0.05) is 0 Å². The zero-order chi connectivity index (χ0) is 15.8. The van der Waals surface area contributed by atoms with Gasteiger partial charge in [0.1, 0.15) is 23.8 Å². The highest BCUT2D eigenvalue weighted by Gasteiger charge is 2.05. The summed E-state index contributed by atoms with van der Waals surface area (Å²) in [5.74, 6) is 1.58. The molecule has 0 amide bonds. The van der Waals surface area contributed by atoms with Crippen molar-refractivity contribution in [2.24, 2.45) is 0 Å². The number of likely N-dealkylation sites (N-methyl/N-ethyl adjacent to an activating group) is 1. The van der Waals surface area contributed by atoms with Crippen molar-refractivity contribution in [3.8, 4) is 12.1 Å². The van der Waals surface area contributed by atoms with Gasteiger partial charge in [0.2, 0.25) is 0 Å². The van der Waals surface area contributed by atoms with E-state index in [1.54, 1.807) is 30.6 Å². The number of rotatable bonds is 6. The Kier molecular flexibility index (Phi) is 5.28. The molecule has 0 aliphatic heterocycles. The van der Waals surface area contributed by atoms with Crippen LogP contribution in [0.25, 0.3) is 0 Å². The summed E-state index contributed by atoms with van der Waals surface area (Å²) >= 11 is 0. The molecule has 0 bridgehead atoms. The van der Waals surface area contributed by atoms with E-state index in [4.69, 9.17) is 10.5 Å². The predicted octanol–water partition coefficient (Wildman–Crippen LogP) is 2.16. The number of nitrogens with one attached hydrogen (secondary N) is 1. The van der Waals surface area contributed by atoms with Gasteiger partial charge in [-0.25, -0.2) is 9.97 Å². The summed E-state index contributed by atoms with van der Waals surface area (Å²) in [5, 5.41) is 20.7. The van der Waals surface area contributed by atoms with Crippen LogP contribution in [0.3, 0.4) is 0 Å². The van der Waals surface area contributed by atoms with Crippen molar-refractivity contribution in [2.45, 2.75) is 6.92 Å². The number of nitrogens with zero attached hydrogens (tertiary/aromatic N) is 5. The Hall–Kier alpha value is -3.12. The molecule has 0 atom stereocenters. The monoisotopic (exact) mass is 292 g/mol. The predicted molar refractivity (Wildman–Crippen MR) is 84.3 cm³/mol. The average Bonchev–Trinajstić information content (AvgIpc) is 2.59. The van der Waals surface area contributed by atoms with E-state index < -0.39 is 0 Å². The Labute approximate surface area is 129 Å². The maximum atomic E-state index is 8.79. The molecular formula is C16H16N6. The van der Waals surface area contributed by atoms with Crippen LogP contribution in [0.2, 0.25) is 0 Å². The highest BCUT2D eigenvalue weighted by molar-refractivity contribution is 5.43. The summed E-state index contributed by atoms with van der Waals surface area (Å²) in [6.07, 6.45) is 3.12. The van der Waals surface area contributed by atoms with Crippen LogP contribution in [0.4, 0.5) is 11.6 Å². The number of pyridine rings is 2. The van der Waals surface area contributed by atoms with E-state index in [0.717, 1.165) is 24.7 Å². The van der Waals surface area contributed by atoms with Crippen LogP contribution in [0.15, 0.2) is 36.7 Å². The summed E-state index contributed by atoms with van der Waals surface area (Å²) < 4.78 is 0. The standard InChI is InChI=1S/C16H16N6/c1-2-22(16-6-4-14(10-18)12-21-16)8-7-19-15-5-3-13(9-17)11-20-15/h3-6,11-12H,2,7-8H2,1H3,(H,19,20). The van der Waals surface area contributed by atoms with Crippen LogP contribution in [0, 0.1) is 22.7 Å². The molecule has 2 rings (SSSR count). The maximum Gasteiger partial charge on any atom is 0.128 e. The summed E-state index contributed by atoms with van der Waals surface area (Å²) in [4.78, 5) is 10.6. The lowest BCUT2D eigenvalue weighted by Gasteiger charge is -2.22. The Balaban J connectivity index is 1.90. The highest BCUT2D eigenvalue weighted by Crippen LogP contribution is 2.11. The van der Waals surface area contributed by atoms with Gasteiger partial charge in [0, 0.05) is 32.0 Å². The molecule has 0 radical (unpaired) electrons. The van der Waals surface area contributed by atoms with Crippen LogP contribution >= 0.6 is 0 Å². The lowest BCUT2D eigenvalue weighted by Crippen LogP contribution is -2.29. The Morgan fingerprint density at radius 3 is 2.23 bits per heavy atom. The van der Waals surface area contributed by atoms with E-state index in [1.165, 1.54) is 0 Å². The van der Waals surface area contributed by atoms with Crippen molar-refractivity contribution in [3.05, 3.63) is 47.8 Å². The molecule has 2 aromatic heterocycles. The SMILES string of the molecule is CCN(CCNc1ccc(C#N)cn1)c1ccc(C#N)cn1. The van der Waals surface area contributed by atoms with Crippen molar-refractivity contribution in [3.63, 3.8) is 0 Å². The van der Waals surface area contributed by atoms with Crippen molar-refractivity contribution in [2.75, 3.05) is 29.9 Å². The minimum Gasteiger partial charge on any atom is -0.368 e. The molecule has 0 saturated heterocycles. The third-order valence-electron chi connectivity index (χ3n) is 3.16. The fraction of sp³-hybridized carbons (Fsp3) is 0.250. The zero-order valence-corrected chi connectivity index (χ0v) is 12.3. The van der Waals surface area contributed by atoms with Crippen LogP contribution < -0.4 is 10.2 Å². The normalized spacial score (nSPS) is 9.59. The third-order valence-corrected chi connectivity index (χ3v) is 3.16. The second-order valence-electron chi connectivity index (χ2n) is 4.57. The average molecular weight is 292 g/mol. The Bertz CT molecular complexity index is 679. The first-order chi connectivity index (χ1) is 10.8. The molecule has 0 aliphatic rings. The molecular weight excluding hydrogens is 276 g/mol.